The van der Waals surface area contributed by atoms with Gasteiger partial charge in [0.1, 0.15) is 6.61 Å². The Morgan fingerprint density at radius 1 is 1.14 bits per heavy atom. The molecule has 0 aliphatic heterocycles. The van der Waals surface area contributed by atoms with Crippen molar-refractivity contribution < 1.29 is 14.3 Å². The van der Waals surface area contributed by atoms with Gasteiger partial charge in [0.15, 0.2) is 11.5 Å². The molecule has 2 aromatic rings. The molecule has 0 saturated heterocycles. The van der Waals surface area contributed by atoms with Crippen molar-refractivity contribution in [2.24, 2.45) is 5.16 Å². The molecule has 0 aliphatic carbocycles. The number of rotatable bonds is 7. The summed E-state index contributed by atoms with van der Waals surface area (Å²) < 4.78 is 10.7. The van der Waals surface area contributed by atoms with E-state index in [2.05, 4.69) is 5.16 Å². The number of oxime groups is 1. The highest BCUT2D eigenvalue weighted by molar-refractivity contribution is 6.31. The molecular formula is C17H18ClNO3. The second kappa shape index (κ2) is 8.29. The van der Waals surface area contributed by atoms with E-state index >= 15 is 0 Å². The second-order valence-electron chi connectivity index (χ2n) is 4.44. The lowest BCUT2D eigenvalue weighted by atomic mass is 10.2. The fourth-order valence-corrected chi connectivity index (χ4v) is 2.05. The summed E-state index contributed by atoms with van der Waals surface area (Å²) in [6, 6.07) is 13.1. The highest BCUT2D eigenvalue weighted by atomic mass is 35.5. The minimum atomic E-state index is 0.324. The first-order valence-electron chi connectivity index (χ1n) is 6.94. The van der Waals surface area contributed by atoms with Crippen LogP contribution in [0.3, 0.4) is 0 Å². The molecule has 0 bridgehead atoms. The van der Waals surface area contributed by atoms with Gasteiger partial charge in [-0.2, -0.15) is 0 Å². The van der Waals surface area contributed by atoms with E-state index in [1.807, 2.05) is 49.4 Å². The maximum atomic E-state index is 6.04. The van der Waals surface area contributed by atoms with Crippen molar-refractivity contribution in [3.05, 3.63) is 58.6 Å². The van der Waals surface area contributed by atoms with Gasteiger partial charge in [-0.25, -0.2) is 0 Å². The van der Waals surface area contributed by atoms with Crippen molar-refractivity contribution in [2.45, 2.75) is 13.5 Å². The molecule has 4 nitrogen and oxygen atoms in total. The summed E-state index contributed by atoms with van der Waals surface area (Å²) in [4.78, 5) is 5.27. The molecule has 0 amide bonds. The van der Waals surface area contributed by atoms with E-state index in [0.29, 0.717) is 29.7 Å². The van der Waals surface area contributed by atoms with E-state index < -0.39 is 0 Å². The van der Waals surface area contributed by atoms with Crippen LogP contribution in [0.15, 0.2) is 47.6 Å². The van der Waals surface area contributed by atoms with Gasteiger partial charge < -0.3 is 14.3 Å². The minimum absolute atomic E-state index is 0.324. The van der Waals surface area contributed by atoms with Crippen molar-refractivity contribution in [3.8, 4) is 11.5 Å². The van der Waals surface area contributed by atoms with Crippen molar-refractivity contribution >= 4 is 17.8 Å². The maximum Gasteiger partial charge on any atom is 0.161 e. The zero-order valence-electron chi connectivity index (χ0n) is 12.6. The molecule has 0 atom stereocenters. The third-order valence-electron chi connectivity index (χ3n) is 2.94. The monoisotopic (exact) mass is 319 g/mol. The molecule has 0 spiro atoms. The Labute approximate surface area is 135 Å². The SMILES string of the molecule is CCOc1ccc(/C=N/OCc2ccccc2Cl)cc1OC. The lowest BCUT2D eigenvalue weighted by Gasteiger charge is -2.09. The van der Waals surface area contributed by atoms with Gasteiger partial charge in [0, 0.05) is 16.1 Å². The van der Waals surface area contributed by atoms with Crippen LogP contribution in [-0.4, -0.2) is 19.9 Å². The molecule has 5 heteroatoms. The van der Waals surface area contributed by atoms with Gasteiger partial charge in [-0.15, -0.1) is 0 Å². The van der Waals surface area contributed by atoms with Gasteiger partial charge in [0.2, 0.25) is 0 Å². The zero-order valence-corrected chi connectivity index (χ0v) is 13.3. The quantitative estimate of drug-likeness (QED) is 0.564. The van der Waals surface area contributed by atoms with Crippen LogP contribution >= 0.6 is 11.6 Å². The Bertz CT molecular complexity index is 644. The molecule has 116 valence electrons. The Balaban J connectivity index is 1.97. The van der Waals surface area contributed by atoms with Gasteiger partial charge in [-0.05, 0) is 31.2 Å². The third-order valence-corrected chi connectivity index (χ3v) is 3.31. The summed E-state index contributed by atoms with van der Waals surface area (Å²) >= 11 is 6.04. The average Bonchev–Trinajstić information content (AvgIpc) is 2.54. The molecule has 0 saturated carbocycles. The van der Waals surface area contributed by atoms with Crippen LogP contribution in [-0.2, 0) is 11.4 Å². The van der Waals surface area contributed by atoms with E-state index in [1.165, 1.54) is 0 Å². The van der Waals surface area contributed by atoms with Gasteiger partial charge in [-0.1, -0.05) is 35.0 Å². The van der Waals surface area contributed by atoms with E-state index in [4.69, 9.17) is 25.9 Å². The Morgan fingerprint density at radius 2 is 1.95 bits per heavy atom. The molecule has 0 fully saturated rings. The van der Waals surface area contributed by atoms with Gasteiger partial charge in [-0.3, -0.25) is 0 Å². The summed E-state index contributed by atoms with van der Waals surface area (Å²) in [6.07, 6.45) is 1.62. The fourth-order valence-electron chi connectivity index (χ4n) is 1.86. The minimum Gasteiger partial charge on any atom is -0.493 e. The van der Waals surface area contributed by atoms with Crippen LogP contribution in [0.25, 0.3) is 0 Å². The van der Waals surface area contributed by atoms with Gasteiger partial charge in [0.05, 0.1) is 19.9 Å². The molecule has 0 radical (unpaired) electrons. The fraction of sp³-hybridized carbons (Fsp3) is 0.235. The number of ether oxygens (including phenoxy) is 2. The highest BCUT2D eigenvalue weighted by Gasteiger charge is 2.04. The van der Waals surface area contributed by atoms with Crippen LogP contribution in [0.2, 0.25) is 5.02 Å². The molecule has 0 aromatic heterocycles. The largest absolute Gasteiger partial charge is 0.493 e. The predicted molar refractivity (Wildman–Crippen MR) is 88.0 cm³/mol. The molecule has 22 heavy (non-hydrogen) atoms. The zero-order chi connectivity index (χ0) is 15.8. The first kappa shape index (κ1) is 16.2. The van der Waals surface area contributed by atoms with E-state index in [0.717, 1.165) is 11.1 Å². The van der Waals surface area contributed by atoms with Crippen molar-refractivity contribution in [3.63, 3.8) is 0 Å². The standard InChI is InChI=1S/C17H18ClNO3/c1-3-21-16-9-8-13(10-17(16)20-2)11-19-22-12-14-6-4-5-7-15(14)18/h4-11H,3,12H2,1-2H3/b19-11+. The number of methoxy groups -OCH3 is 1. The first-order valence-corrected chi connectivity index (χ1v) is 7.32. The normalized spacial score (nSPS) is 10.7. The van der Waals surface area contributed by atoms with Crippen molar-refractivity contribution in [1.29, 1.82) is 0 Å². The van der Waals surface area contributed by atoms with Crippen LogP contribution in [0.5, 0.6) is 11.5 Å². The van der Waals surface area contributed by atoms with Crippen LogP contribution in [0.1, 0.15) is 18.1 Å². The molecule has 0 unspecified atom stereocenters. The number of benzene rings is 2. The number of hydrogen-bond donors (Lipinski definition) is 0. The Kier molecular flexibility index (Phi) is 6.10. The van der Waals surface area contributed by atoms with Gasteiger partial charge >= 0.3 is 0 Å². The second-order valence-corrected chi connectivity index (χ2v) is 4.85. The Morgan fingerprint density at radius 3 is 2.68 bits per heavy atom. The summed E-state index contributed by atoms with van der Waals surface area (Å²) in [5.41, 5.74) is 1.75. The average molecular weight is 320 g/mol. The van der Waals surface area contributed by atoms with Crippen molar-refractivity contribution in [1.82, 2.24) is 0 Å². The Hall–Kier alpha value is -2.20. The molecule has 2 aromatic carbocycles. The highest BCUT2D eigenvalue weighted by Crippen LogP contribution is 2.27. The summed E-state index contributed by atoms with van der Waals surface area (Å²) in [5, 5.41) is 4.62. The van der Waals surface area contributed by atoms with E-state index in [1.54, 1.807) is 13.3 Å². The summed E-state index contributed by atoms with van der Waals surface area (Å²) in [7, 11) is 1.60. The smallest absolute Gasteiger partial charge is 0.161 e. The van der Waals surface area contributed by atoms with Gasteiger partial charge in [0.25, 0.3) is 0 Å². The predicted octanol–water partition coefficient (Wildman–Crippen LogP) is 4.30. The van der Waals surface area contributed by atoms with Crippen molar-refractivity contribution in [2.75, 3.05) is 13.7 Å². The third kappa shape index (κ3) is 4.40. The molecule has 0 N–H and O–H groups in total. The number of hydrogen-bond acceptors (Lipinski definition) is 4. The lowest BCUT2D eigenvalue weighted by molar-refractivity contribution is 0.132. The van der Waals surface area contributed by atoms with Crippen LogP contribution < -0.4 is 9.47 Å². The summed E-state index contributed by atoms with van der Waals surface area (Å²) in [6.45, 7) is 2.84. The molecule has 2 rings (SSSR count). The number of nitrogens with zero attached hydrogens (tertiary/aromatic N) is 1. The number of halogens is 1. The topological polar surface area (TPSA) is 40.0 Å². The van der Waals surface area contributed by atoms with E-state index in [-0.39, 0.29) is 0 Å². The summed E-state index contributed by atoms with van der Waals surface area (Å²) in [5.74, 6) is 1.37. The van der Waals surface area contributed by atoms with Crippen LogP contribution in [0, 0.1) is 0 Å². The lowest BCUT2D eigenvalue weighted by Crippen LogP contribution is -1.96. The molecular weight excluding hydrogens is 302 g/mol. The maximum absolute atomic E-state index is 6.04. The van der Waals surface area contributed by atoms with E-state index in [9.17, 15) is 0 Å². The first-order chi connectivity index (χ1) is 10.7. The molecule has 0 aliphatic rings. The molecule has 0 heterocycles. The van der Waals surface area contributed by atoms with Crippen LogP contribution in [0.4, 0.5) is 0 Å².